The molecule has 3 rings (SSSR count). The Morgan fingerprint density at radius 2 is 1.76 bits per heavy atom. The Kier molecular flexibility index (Phi) is 10.7. The van der Waals surface area contributed by atoms with Crippen molar-refractivity contribution in [1.82, 2.24) is 20.4 Å². The zero-order chi connectivity index (χ0) is 19.8. The molecule has 1 aromatic rings. The molecule has 2 heterocycles. The maximum absolute atomic E-state index is 5.45. The van der Waals surface area contributed by atoms with Crippen molar-refractivity contribution < 1.29 is 4.74 Å². The molecule has 1 aromatic carbocycles. The van der Waals surface area contributed by atoms with Crippen LogP contribution >= 0.6 is 24.0 Å². The number of halogens is 1. The highest BCUT2D eigenvalue weighted by Crippen LogP contribution is 2.19. The van der Waals surface area contributed by atoms with Crippen LogP contribution in [0.5, 0.6) is 0 Å². The van der Waals surface area contributed by atoms with E-state index in [4.69, 9.17) is 9.73 Å². The predicted octanol–water partition coefficient (Wildman–Crippen LogP) is 2.33. The third kappa shape index (κ3) is 7.38. The van der Waals surface area contributed by atoms with E-state index in [-0.39, 0.29) is 24.0 Å². The topological polar surface area (TPSA) is 52.1 Å². The number of benzene rings is 1. The molecule has 6 nitrogen and oxygen atoms in total. The monoisotopic (exact) mass is 515 g/mol. The van der Waals surface area contributed by atoms with Crippen LogP contribution in [0.1, 0.15) is 31.9 Å². The molecule has 2 N–H and O–H groups in total. The second kappa shape index (κ2) is 12.7. The van der Waals surface area contributed by atoms with Crippen LogP contribution in [0.2, 0.25) is 0 Å². The molecule has 2 unspecified atom stereocenters. The Morgan fingerprint density at radius 1 is 1.03 bits per heavy atom. The lowest BCUT2D eigenvalue weighted by Gasteiger charge is -2.34. The third-order valence-electron chi connectivity index (χ3n) is 5.88. The molecule has 0 radical (unpaired) electrons. The predicted molar refractivity (Wildman–Crippen MR) is 131 cm³/mol. The summed E-state index contributed by atoms with van der Waals surface area (Å²) in [6, 6.07) is 9.73. The fourth-order valence-corrected chi connectivity index (χ4v) is 3.97. The number of guanidine groups is 1. The molecule has 1 fully saturated rings. The number of rotatable bonds is 7. The standard InChI is InChI=1S/C22H37N5O.HI/c1-4-23-22(24-15-18(2)26-11-13-28-14-12-26)25-16-19(3)27-10-9-20-7-5-6-8-21(20)17-27;/h5-8,18-19H,4,9-17H2,1-3H3,(H2,23,24,25);1H. The number of nitrogens with zero attached hydrogens (tertiary/aromatic N) is 3. The van der Waals surface area contributed by atoms with E-state index in [0.29, 0.717) is 12.1 Å². The van der Waals surface area contributed by atoms with Gasteiger partial charge in [-0.25, -0.2) is 0 Å². The smallest absolute Gasteiger partial charge is 0.191 e. The number of aliphatic imine (C=N–C) groups is 1. The van der Waals surface area contributed by atoms with Crippen LogP contribution in [0.3, 0.4) is 0 Å². The molecular weight excluding hydrogens is 477 g/mol. The van der Waals surface area contributed by atoms with Crippen molar-refractivity contribution in [2.45, 2.75) is 45.8 Å². The molecule has 0 saturated carbocycles. The minimum atomic E-state index is 0. The molecule has 2 atom stereocenters. The molecule has 0 bridgehead atoms. The molecule has 0 amide bonds. The summed E-state index contributed by atoms with van der Waals surface area (Å²) >= 11 is 0. The van der Waals surface area contributed by atoms with Crippen LogP contribution in [-0.2, 0) is 17.7 Å². The summed E-state index contributed by atoms with van der Waals surface area (Å²) in [5.74, 6) is 0.923. The van der Waals surface area contributed by atoms with Gasteiger partial charge in [-0.2, -0.15) is 0 Å². The van der Waals surface area contributed by atoms with Crippen molar-refractivity contribution in [3.8, 4) is 0 Å². The van der Waals surface area contributed by atoms with Gasteiger partial charge in [0, 0.05) is 51.4 Å². The van der Waals surface area contributed by atoms with Crippen LogP contribution in [-0.4, -0.2) is 80.3 Å². The van der Waals surface area contributed by atoms with Crippen LogP contribution < -0.4 is 10.6 Å². The first-order valence-electron chi connectivity index (χ1n) is 10.8. The van der Waals surface area contributed by atoms with Gasteiger partial charge in [0.25, 0.3) is 0 Å². The molecule has 2 aliphatic rings. The number of nitrogens with one attached hydrogen (secondary N) is 2. The highest BCUT2D eigenvalue weighted by molar-refractivity contribution is 14.0. The van der Waals surface area contributed by atoms with Gasteiger partial charge < -0.3 is 15.4 Å². The lowest BCUT2D eigenvalue weighted by molar-refractivity contribution is 0.0220. The maximum Gasteiger partial charge on any atom is 0.191 e. The summed E-state index contributed by atoms with van der Waals surface area (Å²) in [7, 11) is 0. The number of hydrogen-bond donors (Lipinski definition) is 2. The van der Waals surface area contributed by atoms with Gasteiger partial charge in [-0.3, -0.25) is 14.8 Å². The average molecular weight is 515 g/mol. The number of morpholine rings is 1. The van der Waals surface area contributed by atoms with Gasteiger partial charge in [-0.15, -0.1) is 24.0 Å². The number of ether oxygens (including phenoxy) is 1. The molecule has 1 saturated heterocycles. The molecule has 2 aliphatic heterocycles. The quantitative estimate of drug-likeness (QED) is 0.332. The fourth-order valence-electron chi connectivity index (χ4n) is 3.97. The lowest BCUT2D eigenvalue weighted by Crippen LogP contribution is -2.48. The van der Waals surface area contributed by atoms with Crippen molar-refractivity contribution in [3.05, 3.63) is 35.4 Å². The molecule has 29 heavy (non-hydrogen) atoms. The second-order valence-electron chi connectivity index (χ2n) is 7.94. The molecule has 164 valence electrons. The summed E-state index contributed by atoms with van der Waals surface area (Å²) in [5.41, 5.74) is 2.98. The molecule has 0 aromatic heterocycles. The highest BCUT2D eigenvalue weighted by atomic mass is 127. The van der Waals surface area contributed by atoms with Gasteiger partial charge in [0.15, 0.2) is 5.96 Å². The second-order valence-corrected chi connectivity index (χ2v) is 7.94. The molecule has 7 heteroatoms. The first-order valence-corrected chi connectivity index (χ1v) is 10.8. The largest absolute Gasteiger partial charge is 0.379 e. The van der Waals surface area contributed by atoms with Crippen molar-refractivity contribution in [2.75, 3.05) is 52.5 Å². The van der Waals surface area contributed by atoms with Gasteiger partial charge in [-0.05, 0) is 38.3 Å². The lowest BCUT2D eigenvalue weighted by atomic mass is 9.99. The van der Waals surface area contributed by atoms with E-state index in [9.17, 15) is 0 Å². The Hall–Kier alpha value is -0.900. The highest BCUT2D eigenvalue weighted by Gasteiger charge is 2.21. The van der Waals surface area contributed by atoms with E-state index in [1.54, 1.807) is 0 Å². The summed E-state index contributed by atoms with van der Waals surface area (Å²) in [6.07, 6.45) is 1.14. The first kappa shape index (κ1) is 24.4. The Balaban J connectivity index is 0.00000300. The van der Waals surface area contributed by atoms with Crippen LogP contribution in [0.15, 0.2) is 29.3 Å². The summed E-state index contributed by atoms with van der Waals surface area (Å²) in [4.78, 5) is 9.86. The summed E-state index contributed by atoms with van der Waals surface area (Å²) in [5, 5.41) is 6.95. The normalized spacial score (nSPS) is 20.3. The maximum atomic E-state index is 5.45. The Labute approximate surface area is 193 Å². The van der Waals surface area contributed by atoms with Crippen molar-refractivity contribution in [3.63, 3.8) is 0 Å². The van der Waals surface area contributed by atoms with Crippen molar-refractivity contribution in [1.29, 1.82) is 0 Å². The molecule has 0 spiro atoms. The third-order valence-corrected chi connectivity index (χ3v) is 5.88. The Morgan fingerprint density at radius 3 is 2.48 bits per heavy atom. The van der Waals surface area contributed by atoms with Crippen molar-refractivity contribution >= 4 is 29.9 Å². The SMILES string of the molecule is CCNC(=NCC(C)N1CCOCC1)NCC(C)N1CCc2ccccc2C1.I. The van der Waals surface area contributed by atoms with Gasteiger partial charge >= 0.3 is 0 Å². The minimum Gasteiger partial charge on any atom is -0.379 e. The molecule has 0 aliphatic carbocycles. The minimum absolute atomic E-state index is 0. The van der Waals surface area contributed by atoms with Gasteiger partial charge in [-0.1, -0.05) is 24.3 Å². The first-order chi connectivity index (χ1) is 13.7. The van der Waals surface area contributed by atoms with E-state index < -0.39 is 0 Å². The van der Waals surface area contributed by atoms with Gasteiger partial charge in [0.2, 0.25) is 0 Å². The summed E-state index contributed by atoms with van der Waals surface area (Å²) in [6.45, 7) is 15.1. The van der Waals surface area contributed by atoms with Crippen LogP contribution in [0.4, 0.5) is 0 Å². The number of hydrogen-bond acceptors (Lipinski definition) is 4. The van der Waals surface area contributed by atoms with Crippen LogP contribution in [0, 0.1) is 0 Å². The van der Waals surface area contributed by atoms with E-state index >= 15 is 0 Å². The van der Waals surface area contributed by atoms with Gasteiger partial charge in [0.1, 0.15) is 0 Å². The van der Waals surface area contributed by atoms with E-state index in [0.717, 1.165) is 71.4 Å². The molecular formula is C22H38IN5O. The van der Waals surface area contributed by atoms with Crippen molar-refractivity contribution in [2.24, 2.45) is 4.99 Å². The van der Waals surface area contributed by atoms with Crippen LogP contribution in [0.25, 0.3) is 0 Å². The van der Waals surface area contributed by atoms with E-state index in [1.165, 1.54) is 11.1 Å². The van der Waals surface area contributed by atoms with Gasteiger partial charge in [0.05, 0.1) is 19.8 Å². The fraction of sp³-hybridized carbons (Fsp3) is 0.682. The zero-order valence-corrected chi connectivity index (χ0v) is 20.5. The van der Waals surface area contributed by atoms with E-state index in [1.807, 2.05) is 0 Å². The Bertz CT molecular complexity index is 635. The zero-order valence-electron chi connectivity index (χ0n) is 18.2. The van der Waals surface area contributed by atoms with E-state index in [2.05, 4.69) is 65.5 Å². The average Bonchev–Trinajstić information content (AvgIpc) is 2.75. The summed E-state index contributed by atoms with van der Waals surface area (Å²) < 4.78 is 5.45. The number of fused-ring (bicyclic) bond motifs is 1.